The highest BCUT2D eigenvalue weighted by molar-refractivity contribution is 8.13. The summed E-state index contributed by atoms with van der Waals surface area (Å²) in [7, 11) is 0. The second-order valence-electron chi connectivity index (χ2n) is 4.89. The van der Waals surface area contributed by atoms with Gasteiger partial charge in [0.25, 0.3) is 0 Å². The summed E-state index contributed by atoms with van der Waals surface area (Å²) in [4.78, 5) is 4.60. The highest BCUT2D eigenvalue weighted by atomic mass is 32.2. The van der Waals surface area contributed by atoms with E-state index in [0.717, 1.165) is 12.5 Å². The van der Waals surface area contributed by atoms with Gasteiger partial charge in [0, 0.05) is 18.3 Å². The molecule has 2 nitrogen and oxygen atoms in total. The SMILES string of the molecule is CC1CN=C(NC2CCCCCC2)SC1. The van der Waals surface area contributed by atoms with Crippen molar-refractivity contribution >= 4 is 16.9 Å². The number of nitrogens with one attached hydrogen (secondary N) is 1. The van der Waals surface area contributed by atoms with Crippen LogP contribution in [0.5, 0.6) is 0 Å². The second kappa shape index (κ2) is 5.78. The first-order valence-electron chi connectivity index (χ1n) is 6.28. The Morgan fingerprint density at radius 1 is 1.20 bits per heavy atom. The van der Waals surface area contributed by atoms with Crippen LogP contribution in [0, 0.1) is 5.92 Å². The van der Waals surface area contributed by atoms with Gasteiger partial charge in [-0.2, -0.15) is 0 Å². The number of hydrogen-bond acceptors (Lipinski definition) is 3. The highest BCUT2D eigenvalue weighted by Crippen LogP contribution is 2.20. The lowest BCUT2D eigenvalue weighted by atomic mass is 10.1. The Hall–Kier alpha value is -0.180. The van der Waals surface area contributed by atoms with E-state index in [1.54, 1.807) is 0 Å². The van der Waals surface area contributed by atoms with E-state index < -0.39 is 0 Å². The zero-order valence-corrected chi connectivity index (χ0v) is 10.5. The Morgan fingerprint density at radius 3 is 2.53 bits per heavy atom. The minimum Gasteiger partial charge on any atom is -0.362 e. The Kier molecular flexibility index (Phi) is 4.36. The number of thioether (sulfide) groups is 1. The molecule has 0 bridgehead atoms. The third kappa shape index (κ3) is 3.71. The maximum atomic E-state index is 4.60. The van der Waals surface area contributed by atoms with Crippen molar-refractivity contribution in [1.82, 2.24) is 5.32 Å². The molecule has 2 aliphatic rings. The third-order valence-electron chi connectivity index (χ3n) is 3.23. The van der Waals surface area contributed by atoms with Crippen molar-refractivity contribution in [1.29, 1.82) is 0 Å². The van der Waals surface area contributed by atoms with E-state index in [1.165, 1.54) is 49.4 Å². The lowest BCUT2D eigenvalue weighted by molar-refractivity contribution is 0.533. The van der Waals surface area contributed by atoms with Crippen LogP contribution in [0.3, 0.4) is 0 Å². The lowest BCUT2D eigenvalue weighted by Gasteiger charge is -2.22. The second-order valence-corrected chi connectivity index (χ2v) is 5.90. The fourth-order valence-electron chi connectivity index (χ4n) is 2.24. The largest absolute Gasteiger partial charge is 0.362 e. The normalized spacial score (nSPS) is 29.4. The summed E-state index contributed by atoms with van der Waals surface area (Å²) in [5, 5.41) is 4.84. The summed E-state index contributed by atoms with van der Waals surface area (Å²) in [6, 6.07) is 0.701. The molecule has 86 valence electrons. The molecule has 3 heteroatoms. The number of hydrogen-bond donors (Lipinski definition) is 1. The van der Waals surface area contributed by atoms with Gasteiger partial charge in [-0.05, 0) is 18.8 Å². The Balaban J connectivity index is 1.80. The summed E-state index contributed by atoms with van der Waals surface area (Å²) in [5.74, 6) is 1.99. The van der Waals surface area contributed by atoms with Gasteiger partial charge in [0.1, 0.15) is 0 Å². The van der Waals surface area contributed by atoms with Gasteiger partial charge in [-0.3, -0.25) is 4.99 Å². The molecular formula is C12H22N2S. The van der Waals surface area contributed by atoms with Crippen LogP contribution in [0.4, 0.5) is 0 Å². The molecule has 1 atom stereocenters. The third-order valence-corrected chi connectivity index (χ3v) is 4.49. The van der Waals surface area contributed by atoms with Crippen LogP contribution in [0.15, 0.2) is 4.99 Å². The first-order chi connectivity index (χ1) is 7.34. The number of aliphatic imine (C=N–C) groups is 1. The summed E-state index contributed by atoms with van der Waals surface area (Å²) in [6.45, 7) is 3.29. The molecule has 0 radical (unpaired) electrons. The van der Waals surface area contributed by atoms with Crippen LogP contribution < -0.4 is 5.32 Å². The average molecular weight is 226 g/mol. The van der Waals surface area contributed by atoms with Gasteiger partial charge in [0.05, 0.1) is 0 Å². The monoisotopic (exact) mass is 226 g/mol. The van der Waals surface area contributed by atoms with Crippen LogP contribution in [0.2, 0.25) is 0 Å². The van der Waals surface area contributed by atoms with Gasteiger partial charge in [-0.25, -0.2) is 0 Å². The molecule has 1 unspecified atom stereocenters. The van der Waals surface area contributed by atoms with E-state index in [-0.39, 0.29) is 0 Å². The Morgan fingerprint density at radius 2 is 1.93 bits per heavy atom. The predicted molar refractivity (Wildman–Crippen MR) is 68.5 cm³/mol. The summed E-state index contributed by atoms with van der Waals surface area (Å²) < 4.78 is 0. The molecule has 2 rings (SSSR count). The van der Waals surface area contributed by atoms with Gasteiger partial charge in [-0.1, -0.05) is 44.4 Å². The molecule has 1 N–H and O–H groups in total. The quantitative estimate of drug-likeness (QED) is 0.695. The van der Waals surface area contributed by atoms with Crippen molar-refractivity contribution < 1.29 is 0 Å². The van der Waals surface area contributed by atoms with Crippen LogP contribution in [-0.4, -0.2) is 23.5 Å². The number of rotatable bonds is 1. The molecule has 1 saturated carbocycles. The van der Waals surface area contributed by atoms with E-state index in [0.29, 0.717) is 6.04 Å². The van der Waals surface area contributed by atoms with Gasteiger partial charge >= 0.3 is 0 Å². The fraction of sp³-hybridized carbons (Fsp3) is 0.917. The van der Waals surface area contributed by atoms with E-state index in [9.17, 15) is 0 Å². The van der Waals surface area contributed by atoms with E-state index in [1.807, 2.05) is 11.8 Å². The molecule has 0 amide bonds. The molecule has 1 fully saturated rings. The zero-order chi connectivity index (χ0) is 10.5. The zero-order valence-electron chi connectivity index (χ0n) is 9.67. The van der Waals surface area contributed by atoms with Crippen LogP contribution in [0.25, 0.3) is 0 Å². The van der Waals surface area contributed by atoms with Crippen molar-refractivity contribution in [3.8, 4) is 0 Å². The highest BCUT2D eigenvalue weighted by Gasteiger charge is 2.17. The molecule has 15 heavy (non-hydrogen) atoms. The topological polar surface area (TPSA) is 24.4 Å². The smallest absolute Gasteiger partial charge is 0.156 e. The maximum Gasteiger partial charge on any atom is 0.156 e. The Bertz CT molecular complexity index is 220. The lowest BCUT2D eigenvalue weighted by Crippen LogP contribution is -2.35. The molecule has 1 aliphatic carbocycles. The average Bonchev–Trinajstić information content (AvgIpc) is 2.50. The predicted octanol–water partition coefficient (Wildman–Crippen LogP) is 3.04. The van der Waals surface area contributed by atoms with Gasteiger partial charge < -0.3 is 5.32 Å². The molecule has 0 spiro atoms. The molecular weight excluding hydrogens is 204 g/mol. The Labute approximate surface area is 97.3 Å². The first kappa shape index (κ1) is 11.3. The molecule has 1 aliphatic heterocycles. The standard InChI is InChI=1S/C12H22N2S/c1-10-8-13-12(15-9-10)14-11-6-4-2-3-5-7-11/h10-11H,2-9H2,1H3,(H,13,14). The van der Waals surface area contributed by atoms with Crippen LogP contribution in [0.1, 0.15) is 45.4 Å². The van der Waals surface area contributed by atoms with Gasteiger partial charge in [-0.15, -0.1) is 0 Å². The molecule has 0 saturated heterocycles. The van der Waals surface area contributed by atoms with E-state index >= 15 is 0 Å². The number of amidine groups is 1. The molecule has 0 aromatic carbocycles. The minimum atomic E-state index is 0.701. The summed E-state index contributed by atoms with van der Waals surface area (Å²) >= 11 is 1.91. The molecule has 0 aromatic heterocycles. The summed E-state index contributed by atoms with van der Waals surface area (Å²) in [6.07, 6.45) is 8.33. The van der Waals surface area contributed by atoms with Crippen molar-refractivity contribution in [2.75, 3.05) is 12.3 Å². The van der Waals surface area contributed by atoms with Crippen molar-refractivity contribution in [2.24, 2.45) is 10.9 Å². The summed E-state index contributed by atoms with van der Waals surface area (Å²) in [5.41, 5.74) is 0. The molecule has 1 heterocycles. The van der Waals surface area contributed by atoms with Gasteiger partial charge in [0.2, 0.25) is 0 Å². The van der Waals surface area contributed by atoms with Crippen LogP contribution in [-0.2, 0) is 0 Å². The molecule has 0 aromatic rings. The van der Waals surface area contributed by atoms with Crippen molar-refractivity contribution in [3.05, 3.63) is 0 Å². The van der Waals surface area contributed by atoms with E-state index in [2.05, 4.69) is 17.2 Å². The number of nitrogens with zero attached hydrogens (tertiary/aromatic N) is 1. The first-order valence-corrected chi connectivity index (χ1v) is 7.27. The van der Waals surface area contributed by atoms with Gasteiger partial charge in [0.15, 0.2) is 5.17 Å². The van der Waals surface area contributed by atoms with Crippen molar-refractivity contribution in [3.63, 3.8) is 0 Å². The van der Waals surface area contributed by atoms with Crippen LogP contribution >= 0.6 is 11.8 Å². The fourth-order valence-corrected chi connectivity index (χ4v) is 3.21. The minimum absolute atomic E-state index is 0.701. The van der Waals surface area contributed by atoms with Crippen molar-refractivity contribution in [2.45, 2.75) is 51.5 Å². The van der Waals surface area contributed by atoms with E-state index in [4.69, 9.17) is 0 Å². The maximum absolute atomic E-state index is 4.60.